The van der Waals surface area contributed by atoms with E-state index in [0.717, 1.165) is 12.1 Å². The molecule has 0 aromatic heterocycles. The van der Waals surface area contributed by atoms with Crippen molar-refractivity contribution < 1.29 is 13.2 Å². The first-order chi connectivity index (χ1) is 5.39. The van der Waals surface area contributed by atoms with Crippen molar-refractivity contribution in [2.45, 2.75) is 13.1 Å². The molecule has 1 aromatic rings. The molecule has 0 heterocycles. The molecule has 0 amide bonds. The number of benzene rings is 1. The van der Waals surface area contributed by atoms with Crippen LogP contribution in [0.5, 0.6) is 0 Å². The van der Waals surface area contributed by atoms with Gasteiger partial charge in [0.2, 0.25) is 0 Å². The van der Waals surface area contributed by atoms with Crippen LogP contribution in [0.1, 0.15) is 11.1 Å². The van der Waals surface area contributed by atoms with Crippen molar-refractivity contribution in [1.29, 1.82) is 0 Å². The second-order valence-corrected chi connectivity index (χ2v) is 2.80. The van der Waals surface area contributed by atoms with Crippen LogP contribution in [0.25, 0.3) is 0 Å². The van der Waals surface area contributed by atoms with Gasteiger partial charge < -0.3 is 0 Å². The smallest absolute Gasteiger partial charge is 0.166 e. The highest BCUT2D eigenvalue weighted by Gasteiger charge is 2.30. The number of hydrogen-bond acceptors (Lipinski definition) is 0. The van der Waals surface area contributed by atoms with Crippen LogP contribution in [-0.2, 0) is 6.18 Å². The minimum Gasteiger partial charge on any atom is -0.166 e. The summed E-state index contributed by atoms with van der Waals surface area (Å²) >= 11 is 5.40. The van der Waals surface area contributed by atoms with Crippen molar-refractivity contribution in [2.75, 3.05) is 0 Å². The third kappa shape index (κ3) is 2.14. The van der Waals surface area contributed by atoms with Gasteiger partial charge in [-0.1, -0.05) is 11.6 Å². The van der Waals surface area contributed by atoms with Crippen molar-refractivity contribution in [3.05, 3.63) is 34.3 Å². The number of hydrogen-bond donors (Lipinski definition) is 0. The molecular weight excluding hydrogens is 189 g/mol. The summed E-state index contributed by atoms with van der Waals surface area (Å²) in [6, 6.07) is 4.41. The first-order valence-corrected chi connectivity index (χ1v) is 3.54. The molecule has 0 N–H and O–H groups in total. The topological polar surface area (TPSA) is 0 Å². The zero-order chi connectivity index (χ0) is 9.35. The van der Waals surface area contributed by atoms with Crippen LogP contribution in [0, 0.1) is 13.0 Å². The molecule has 0 aliphatic rings. The first-order valence-electron chi connectivity index (χ1n) is 3.16. The fourth-order valence-electron chi connectivity index (χ4n) is 0.836. The Hall–Kier alpha value is -0.700. The number of halogens is 4. The second kappa shape index (κ2) is 2.98. The Morgan fingerprint density at radius 3 is 2.33 bits per heavy atom. The van der Waals surface area contributed by atoms with Gasteiger partial charge in [0, 0.05) is 11.1 Å². The monoisotopic (exact) mass is 193 g/mol. The molecule has 1 rings (SSSR count). The number of aryl methyl sites for hydroxylation is 1. The molecule has 0 saturated heterocycles. The van der Waals surface area contributed by atoms with Crippen molar-refractivity contribution in [1.82, 2.24) is 0 Å². The van der Waals surface area contributed by atoms with Crippen molar-refractivity contribution >= 4 is 11.6 Å². The Bertz CT molecular complexity index is 271. The van der Waals surface area contributed by atoms with Crippen LogP contribution in [-0.4, -0.2) is 0 Å². The van der Waals surface area contributed by atoms with Crippen LogP contribution < -0.4 is 0 Å². The maximum absolute atomic E-state index is 12.1. The standard InChI is InChI=1S/C8H5ClF3/c1-5-2-6(8(10,11)12)4-7(9)3-5/h2,4H,1H3. The Labute approximate surface area is 73.0 Å². The number of rotatable bonds is 0. The molecule has 12 heavy (non-hydrogen) atoms. The Balaban J connectivity index is 3.18. The van der Waals surface area contributed by atoms with E-state index in [1.165, 1.54) is 6.92 Å². The molecule has 0 bridgehead atoms. The summed E-state index contributed by atoms with van der Waals surface area (Å²) in [5, 5.41) is -0.0117. The molecule has 0 aliphatic carbocycles. The molecule has 1 aromatic carbocycles. The number of alkyl halides is 3. The average molecular weight is 194 g/mol. The van der Waals surface area contributed by atoms with E-state index in [-0.39, 0.29) is 5.02 Å². The Morgan fingerprint density at radius 2 is 1.92 bits per heavy atom. The molecule has 65 valence electrons. The van der Waals surface area contributed by atoms with E-state index >= 15 is 0 Å². The second-order valence-electron chi connectivity index (χ2n) is 2.40. The van der Waals surface area contributed by atoms with Gasteiger partial charge >= 0.3 is 6.18 Å². The highest BCUT2D eigenvalue weighted by molar-refractivity contribution is 6.30. The van der Waals surface area contributed by atoms with E-state index in [4.69, 9.17) is 11.6 Å². The Kier molecular flexibility index (Phi) is 2.33. The minimum absolute atomic E-state index is 0.0117. The minimum atomic E-state index is -4.33. The van der Waals surface area contributed by atoms with Gasteiger partial charge in [-0.2, -0.15) is 13.2 Å². The van der Waals surface area contributed by atoms with Gasteiger partial charge in [0.15, 0.2) is 0 Å². The van der Waals surface area contributed by atoms with Gasteiger partial charge in [0.25, 0.3) is 0 Å². The largest absolute Gasteiger partial charge is 0.416 e. The van der Waals surface area contributed by atoms with Gasteiger partial charge in [0.1, 0.15) is 0 Å². The average Bonchev–Trinajstić information content (AvgIpc) is 1.82. The van der Waals surface area contributed by atoms with Gasteiger partial charge in [-0.25, -0.2) is 0 Å². The lowest BCUT2D eigenvalue weighted by molar-refractivity contribution is -0.137. The fourth-order valence-corrected chi connectivity index (χ4v) is 1.10. The molecule has 0 unspecified atom stereocenters. The zero-order valence-electron chi connectivity index (χ0n) is 6.17. The van der Waals surface area contributed by atoms with E-state index in [0.29, 0.717) is 5.56 Å². The van der Waals surface area contributed by atoms with E-state index in [1.807, 2.05) is 0 Å². The third-order valence-electron chi connectivity index (χ3n) is 1.30. The normalized spacial score (nSPS) is 11.8. The van der Waals surface area contributed by atoms with Crippen molar-refractivity contribution in [2.24, 2.45) is 0 Å². The molecule has 0 fully saturated rings. The summed E-state index contributed by atoms with van der Waals surface area (Å²) in [5.74, 6) is 0. The molecule has 1 radical (unpaired) electrons. The predicted octanol–water partition coefficient (Wildman–Crippen LogP) is 3.47. The van der Waals surface area contributed by atoms with Crippen molar-refractivity contribution in [3.63, 3.8) is 0 Å². The summed E-state index contributed by atoms with van der Waals surface area (Å²) < 4.78 is 36.2. The highest BCUT2D eigenvalue weighted by atomic mass is 35.5. The molecule has 4 heteroatoms. The SMILES string of the molecule is Cc1[c]c(Cl)cc(C(F)(F)F)c1. The molecule has 0 atom stereocenters. The maximum Gasteiger partial charge on any atom is 0.416 e. The summed E-state index contributed by atoms with van der Waals surface area (Å²) in [5.41, 5.74) is -0.349. The van der Waals surface area contributed by atoms with Gasteiger partial charge in [-0.05, 0) is 24.6 Å². The lowest BCUT2D eigenvalue weighted by Gasteiger charge is -2.07. The molecule has 0 nitrogen and oxygen atoms in total. The van der Waals surface area contributed by atoms with Crippen LogP contribution in [0.4, 0.5) is 13.2 Å². The summed E-state index contributed by atoms with van der Waals surface area (Å²) in [7, 11) is 0. The summed E-state index contributed by atoms with van der Waals surface area (Å²) in [6.45, 7) is 1.52. The lowest BCUT2D eigenvalue weighted by atomic mass is 10.1. The first kappa shape index (κ1) is 9.39. The van der Waals surface area contributed by atoms with E-state index in [2.05, 4.69) is 6.07 Å². The summed E-state index contributed by atoms with van der Waals surface area (Å²) in [6.07, 6.45) is -4.33. The molecule has 0 spiro atoms. The van der Waals surface area contributed by atoms with Gasteiger partial charge in [-0.15, -0.1) is 0 Å². The third-order valence-corrected chi connectivity index (χ3v) is 1.50. The highest BCUT2D eigenvalue weighted by Crippen LogP contribution is 2.31. The predicted molar refractivity (Wildman–Crippen MR) is 40.0 cm³/mol. The van der Waals surface area contributed by atoms with E-state index < -0.39 is 11.7 Å². The zero-order valence-corrected chi connectivity index (χ0v) is 6.92. The van der Waals surface area contributed by atoms with Crippen LogP contribution in [0.15, 0.2) is 12.1 Å². The summed E-state index contributed by atoms with van der Waals surface area (Å²) in [4.78, 5) is 0. The molecular formula is C8H5ClF3. The molecule has 0 saturated carbocycles. The quantitative estimate of drug-likeness (QED) is 0.592. The van der Waals surface area contributed by atoms with Crippen molar-refractivity contribution in [3.8, 4) is 0 Å². The van der Waals surface area contributed by atoms with Crippen LogP contribution in [0.3, 0.4) is 0 Å². The lowest BCUT2D eigenvalue weighted by Crippen LogP contribution is -2.04. The Morgan fingerprint density at radius 1 is 1.33 bits per heavy atom. The molecule has 0 aliphatic heterocycles. The van der Waals surface area contributed by atoms with Crippen LogP contribution >= 0.6 is 11.6 Å². The maximum atomic E-state index is 12.1. The fraction of sp³-hybridized carbons (Fsp3) is 0.250. The van der Waals surface area contributed by atoms with Crippen LogP contribution in [0.2, 0.25) is 5.02 Å². The van der Waals surface area contributed by atoms with Gasteiger partial charge in [0.05, 0.1) is 5.56 Å². The van der Waals surface area contributed by atoms with E-state index in [1.54, 1.807) is 0 Å². The van der Waals surface area contributed by atoms with E-state index in [9.17, 15) is 13.2 Å². The van der Waals surface area contributed by atoms with Gasteiger partial charge in [-0.3, -0.25) is 0 Å².